The molecule has 0 aliphatic carbocycles. The van der Waals surface area contributed by atoms with E-state index in [1.54, 1.807) is 0 Å². The summed E-state index contributed by atoms with van der Waals surface area (Å²) in [5, 5.41) is 8.20. The maximum absolute atomic E-state index is 12.7. The molecule has 2 nitrogen and oxygen atoms in total. The number of nitrogens with zero attached hydrogens (tertiary/aromatic N) is 1. The van der Waals surface area contributed by atoms with Crippen LogP contribution < -0.4 is 0 Å². The highest BCUT2D eigenvalue weighted by Crippen LogP contribution is 2.30. The SMILES string of the molecule is Oc1c(Cl)ncc(C(F)F)c1F. The minimum atomic E-state index is -3.01. The molecule has 12 heavy (non-hydrogen) atoms. The summed E-state index contributed by atoms with van der Waals surface area (Å²) in [4.78, 5) is 3.16. The second-order valence-electron chi connectivity index (χ2n) is 1.97. The standard InChI is InChI=1S/C6H3ClF3NO/c7-5-4(12)3(8)2(1-11-5)6(9)10/h1,6,12H. The van der Waals surface area contributed by atoms with Crippen molar-refractivity contribution < 1.29 is 18.3 Å². The van der Waals surface area contributed by atoms with Gasteiger partial charge >= 0.3 is 0 Å². The quantitative estimate of drug-likeness (QED) is 0.702. The summed E-state index contributed by atoms with van der Waals surface area (Å²) in [5.41, 5.74) is -0.961. The third-order valence-corrected chi connectivity index (χ3v) is 1.49. The molecule has 0 spiro atoms. The molecule has 0 saturated heterocycles. The van der Waals surface area contributed by atoms with E-state index in [0.29, 0.717) is 6.20 Å². The number of aromatic nitrogens is 1. The van der Waals surface area contributed by atoms with E-state index >= 15 is 0 Å². The van der Waals surface area contributed by atoms with Crippen LogP contribution in [-0.2, 0) is 0 Å². The van der Waals surface area contributed by atoms with Crippen molar-refractivity contribution >= 4 is 11.6 Å². The van der Waals surface area contributed by atoms with Crippen molar-refractivity contribution in [3.05, 3.63) is 22.7 Å². The number of alkyl halides is 2. The summed E-state index contributed by atoms with van der Waals surface area (Å²) >= 11 is 5.14. The van der Waals surface area contributed by atoms with E-state index < -0.39 is 28.7 Å². The normalized spacial score (nSPS) is 10.8. The number of halogens is 4. The highest BCUT2D eigenvalue weighted by Gasteiger charge is 2.19. The summed E-state index contributed by atoms with van der Waals surface area (Å²) in [6, 6.07) is 0. The molecule has 1 rings (SSSR count). The summed E-state index contributed by atoms with van der Waals surface area (Å²) in [7, 11) is 0. The van der Waals surface area contributed by atoms with E-state index in [1.807, 2.05) is 0 Å². The lowest BCUT2D eigenvalue weighted by Crippen LogP contribution is -1.93. The van der Waals surface area contributed by atoms with Gasteiger partial charge in [-0.05, 0) is 0 Å². The molecule has 1 heterocycles. The van der Waals surface area contributed by atoms with Crippen LogP contribution in [0.5, 0.6) is 5.75 Å². The fraction of sp³-hybridized carbons (Fsp3) is 0.167. The molecule has 0 aliphatic rings. The third-order valence-electron chi connectivity index (χ3n) is 1.21. The molecular weight excluding hydrogens is 195 g/mol. The van der Waals surface area contributed by atoms with Gasteiger partial charge in [-0.1, -0.05) is 11.6 Å². The Hall–Kier alpha value is -0.970. The first-order valence-corrected chi connectivity index (χ1v) is 3.23. The smallest absolute Gasteiger partial charge is 0.268 e. The van der Waals surface area contributed by atoms with Gasteiger partial charge in [0.2, 0.25) is 0 Å². The van der Waals surface area contributed by atoms with Crippen LogP contribution in [-0.4, -0.2) is 10.1 Å². The Labute approximate surface area is 70.6 Å². The van der Waals surface area contributed by atoms with E-state index in [4.69, 9.17) is 16.7 Å². The molecule has 0 unspecified atom stereocenters. The van der Waals surface area contributed by atoms with Crippen LogP contribution in [0, 0.1) is 5.82 Å². The maximum atomic E-state index is 12.7. The Kier molecular flexibility index (Phi) is 2.42. The molecule has 6 heteroatoms. The van der Waals surface area contributed by atoms with Crippen molar-refractivity contribution in [2.24, 2.45) is 0 Å². The Morgan fingerprint density at radius 3 is 2.58 bits per heavy atom. The summed E-state index contributed by atoms with van der Waals surface area (Å²) in [6.45, 7) is 0. The Morgan fingerprint density at radius 2 is 2.08 bits per heavy atom. The van der Waals surface area contributed by atoms with Gasteiger partial charge in [0.1, 0.15) is 0 Å². The molecular formula is C6H3ClF3NO. The molecule has 0 fully saturated rings. The minimum Gasteiger partial charge on any atom is -0.503 e. The largest absolute Gasteiger partial charge is 0.503 e. The number of pyridine rings is 1. The number of aromatic hydroxyl groups is 1. The van der Waals surface area contributed by atoms with Crippen LogP contribution in [0.3, 0.4) is 0 Å². The van der Waals surface area contributed by atoms with Crippen LogP contribution in [0.4, 0.5) is 13.2 Å². The molecule has 0 aliphatic heterocycles. The van der Waals surface area contributed by atoms with Crippen LogP contribution in [0.2, 0.25) is 5.15 Å². The second-order valence-corrected chi connectivity index (χ2v) is 2.33. The molecule has 0 aromatic carbocycles. The average molecular weight is 198 g/mol. The molecule has 1 aromatic heterocycles. The van der Waals surface area contributed by atoms with Crippen molar-refractivity contribution in [3.63, 3.8) is 0 Å². The number of rotatable bonds is 1. The Balaban J connectivity index is 3.27. The molecule has 0 amide bonds. The summed E-state index contributed by atoms with van der Waals surface area (Å²) < 4.78 is 36.5. The Morgan fingerprint density at radius 1 is 1.50 bits per heavy atom. The van der Waals surface area contributed by atoms with Crippen molar-refractivity contribution in [2.75, 3.05) is 0 Å². The zero-order valence-electron chi connectivity index (χ0n) is 5.56. The van der Waals surface area contributed by atoms with Crippen molar-refractivity contribution in [1.82, 2.24) is 4.98 Å². The predicted molar refractivity (Wildman–Crippen MR) is 35.8 cm³/mol. The Bertz CT molecular complexity index is 305. The predicted octanol–water partition coefficient (Wildman–Crippen LogP) is 2.52. The van der Waals surface area contributed by atoms with Gasteiger partial charge in [-0.25, -0.2) is 18.2 Å². The van der Waals surface area contributed by atoms with E-state index in [1.165, 1.54) is 0 Å². The highest BCUT2D eigenvalue weighted by molar-refractivity contribution is 6.30. The molecule has 1 aromatic rings. The van der Waals surface area contributed by atoms with E-state index in [-0.39, 0.29) is 0 Å². The van der Waals surface area contributed by atoms with Gasteiger partial charge in [0, 0.05) is 6.20 Å². The zero-order chi connectivity index (χ0) is 9.30. The first kappa shape index (κ1) is 9.12. The summed E-state index contributed by atoms with van der Waals surface area (Å²) in [6.07, 6.45) is -2.43. The average Bonchev–Trinajstić information content (AvgIpc) is 2.00. The van der Waals surface area contributed by atoms with E-state index in [0.717, 1.165) is 0 Å². The number of hydrogen-bond acceptors (Lipinski definition) is 2. The van der Waals surface area contributed by atoms with Gasteiger partial charge in [0.25, 0.3) is 6.43 Å². The van der Waals surface area contributed by atoms with Crippen LogP contribution in [0.25, 0.3) is 0 Å². The summed E-state index contributed by atoms with van der Waals surface area (Å²) in [5.74, 6) is -2.47. The van der Waals surface area contributed by atoms with E-state index in [2.05, 4.69) is 4.98 Å². The van der Waals surface area contributed by atoms with Crippen molar-refractivity contribution in [2.45, 2.75) is 6.43 Å². The molecule has 0 bridgehead atoms. The van der Waals surface area contributed by atoms with Crippen molar-refractivity contribution in [3.8, 4) is 5.75 Å². The van der Waals surface area contributed by atoms with Crippen LogP contribution in [0.1, 0.15) is 12.0 Å². The topological polar surface area (TPSA) is 33.1 Å². The van der Waals surface area contributed by atoms with Crippen LogP contribution >= 0.6 is 11.6 Å². The van der Waals surface area contributed by atoms with Gasteiger partial charge in [-0.15, -0.1) is 0 Å². The first-order valence-electron chi connectivity index (χ1n) is 2.85. The number of hydrogen-bond donors (Lipinski definition) is 1. The molecule has 1 N–H and O–H groups in total. The van der Waals surface area contributed by atoms with Gasteiger partial charge in [0.05, 0.1) is 5.56 Å². The lowest BCUT2D eigenvalue weighted by atomic mass is 10.3. The third kappa shape index (κ3) is 1.45. The molecule has 0 radical (unpaired) electrons. The lowest BCUT2D eigenvalue weighted by Gasteiger charge is -2.02. The second kappa shape index (κ2) is 3.18. The van der Waals surface area contributed by atoms with Gasteiger partial charge < -0.3 is 5.11 Å². The lowest BCUT2D eigenvalue weighted by molar-refractivity contribution is 0.144. The molecule has 0 atom stereocenters. The minimum absolute atomic E-state index is 0.531. The molecule has 66 valence electrons. The maximum Gasteiger partial charge on any atom is 0.268 e. The highest BCUT2D eigenvalue weighted by atomic mass is 35.5. The fourth-order valence-corrected chi connectivity index (χ4v) is 0.755. The van der Waals surface area contributed by atoms with Gasteiger partial charge in [-0.2, -0.15) is 0 Å². The van der Waals surface area contributed by atoms with Crippen molar-refractivity contribution in [1.29, 1.82) is 0 Å². The monoisotopic (exact) mass is 197 g/mol. The van der Waals surface area contributed by atoms with E-state index in [9.17, 15) is 13.2 Å². The van der Waals surface area contributed by atoms with Gasteiger partial charge in [-0.3, -0.25) is 0 Å². The molecule has 0 saturated carbocycles. The zero-order valence-corrected chi connectivity index (χ0v) is 6.32. The van der Waals surface area contributed by atoms with Crippen LogP contribution in [0.15, 0.2) is 6.20 Å². The first-order chi connectivity index (χ1) is 5.54. The fourth-order valence-electron chi connectivity index (χ4n) is 0.623. The van der Waals surface area contributed by atoms with Gasteiger partial charge in [0.15, 0.2) is 16.7 Å².